The number of carboxylic acid groups (broad SMARTS) is 1. The monoisotopic (exact) mass is 298 g/mol. The fraction of sp³-hybridized carbons (Fsp3) is 0.667. The summed E-state index contributed by atoms with van der Waals surface area (Å²) in [5.74, 6) is -0.493. The van der Waals surface area contributed by atoms with E-state index < -0.39 is 14.3 Å². The van der Waals surface area contributed by atoms with Crippen molar-refractivity contribution in [2.45, 2.75) is 64.8 Å². The third-order valence-electron chi connectivity index (χ3n) is 4.04. The van der Waals surface area contributed by atoms with E-state index in [1.807, 2.05) is 0 Å². The highest BCUT2D eigenvalue weighted by Crippen LogP contribution is 2.42. The van der Waals surface area contributed by atoms with Gasteiger partial charge in [0.2, 0.25) is 14.1 Å². The normalized spacial score (nSPS) is 12.7. The van der Waals surface area contributed by atoms with Gasteiger partial charge in [0.15, 0.2) is 0 Å². The van der Waals surface area contributed by atoms with E-state index in [1.54, 1.807) is 6.07 Å². The molecular formula is C15H26O4Si. The van der Waals surface area contributed by atoms with Gasteiger partial charge in [0.1, 0.15) is 5.76 Å². The van der Waals surface area contributed by atoms with Gasteiger partial charge in [-0.3, -0.25) is 0 Å². The molecule has 0 fully saturated rings. The van der Waals surface area contributed by atoms with E-state index in [1.165, 1.54) is 6.07 Å². The van der Waals surface area contributed by atoms with Gasteiger partial charge in [-0.1, -0.05) is 41.5 Å². The van der Waals surface area contributed by atoms with E-state index in [9.17, 15) is 4.79 Å². The molecule has 1 N–H and O–H groups in total. The molecule has 1 aromatic heterocycles. The van der Waals surface area contributed by atoms with Crippen molar-refractivity contribution in [2.75, 3.05) is 0 Å². The molecule has 0 aliphatic heterocycles. The van der Waals surface area contributed by atoms with E-state index in [2.05, 4.69) is 41.5 Å². The van der Waals surface area contributed by atoms with Crippen LogP contribution in [0.4, 0.5) is 0 Å². The van der Waals surface area contributed by atoms with Crippen molar-refractivity contribution >= 4 is 14.3 Å². The largest absolute Gasteiger partial charge is 0.475 e. The van der Waals surface area contributed by atoms with Crippen LogP contribution in [0.1, 0.15) is 57.9 Å². The molecule has 0 bridgehead atoms. The Labute approximate surface area is 122 Å². The molecule has 5 heteroatoms. The van der Waals surface area contributed by atoms with Crippen LogP contribution in [0.5, 0.6) is 0 Å². The minimum Gasteiger partial charge on any atom is -0.475 e. The molecule has 0 saturated heterocycles. The van der Waals surface area contributed by atoms with Gasteiger partial charge in [-0.2, -0.15) is 0 Å². The molecule has 20 heavy (non-hydrogen) atoms. The first-order valence-electron chi connectivity index (χ1n) is 7.17. The van der Waals surface area contributed by atoms with Gasteiger partial charge in [0.25, 0.3) is 0 Å². The highest BCUT2D eigenvalue weighted by molar-refractivity contribution is 6.77. The number of hydrogen-bond acceptors (Lipinski definition) is 3. The van der Waals surface area contributed by atoms with E-state index in [0.717, 1.165) is 0 Å². The van der Waals surface area contributed by atoms with Gasteiger partial charge in [0.05, 0.1) is 6.61 Å². The minimum atomic E-state index is -1.94. The summed E-state index contributed by atoms with van der Waals surface area (Å²) in [4.78, 5) is 10.8. The van der Waals surface area contributed by atoms with E-state index in [4.69, 9.17) is 13.9 Å². The van der Waals surface area contributed by atoms with Crippen LogP contribution in [0.3, 0.4) is 0 Å². The Balaban J connectivity index is 2.88. The van der Waals surface area contributed by atoms with Gasteiger partial charge in [-0.25, -0.2) is 4.79 Å². The standard InChI is InChI=1S/C15H26O4Si/c1-10(2)20(11(3)4,12(5)6)18-9-13-7-8-14(19-13)15(16)17/h7-8,10-12H,9H2,1-6H3,(H,16,17). The topological polar surface area (TPSA) is 59.7 Å². The van der Waals surface area contributed by atoms with Crippen molar-refractivity contribution in [2.24, 2.45) is 0 Å². The zero-order chi connectivity index (χ0) is 15.5. The van der Waals surface area contributed by atoms with E-state index in [0.29, 0.717) is 29.0 Å². The summed E-state index contributed by atoms with van der Waals surface area (Å²) in [6.07, 6.45) is 0. The molecule has 0 aliphatic carbocycles. The highest BCUT2D eigenvalue weighted by atomic mass is 28.4. The molecule has 114 valence electrons. The third kappa shape index (κ3) is 3.33. The number of rotatable bonds is 7. The molecule has 0 aromatic carbocycles. The smallest absolute Gasteiger partial charge is 0.371 e. The van der Waals surface area contributed by atoms with E-state index >= 15 is 0 Å². The van der Waals surface area contributed by atoms with Crippen LogP contribution in [-0.4, -0.2) is 19.4 Å². The Morgan fingerprint density at radius 2 is 1.65 bits per heavy atom. The number of carboxylic acids is 1. The Morgan fingerprint density at radius 3 is 2.00 bits per heavy atom. The first kappa shape index (κ1) is 17.0. The lowest BCUT2D eigenvalue weighted by molar-refractivity contribution is 0.0657. The zero-order valence-electron chi connectivity index (χ0n) is 13.3. The molecular weight excluding hydrogens is 272 g/mol. The predicted molar refractivity (Wildman–Crippen MR) is 81.5 cm³/mol. The predicted octanol–water partition coefficient (Wildman–Crippen LogP) is 4.67. The zero-order valence-corrected chi connectivity index (χ0v) is 14.3. The molecule has 4 nitrogen and oxygen atoms in total. The molecule has 0 aliphatic rings. The second-order valence-electron chi connectivity index (χ2n) is 6.18. The maximum Gasteiger partial charge on any atom is 0.371 e. The maximum atomic E-state index is 10.8. The maximum absolute atomic E-state index is 10.8. The minimum absolute atomic E-state index is 0.0329. The van der Waals surface area contributed by atoms with Crippen molar-refractivity contribution in [3.05, 3.63) is 23.7 Å². The fourth-order valence-corrected chi connectivity index (χ4v) is 8.66. The summed E-state index contributed by atoms with van der Waals surface area (Å²) < 4.78 is 11.6. The Morgan fingerprint density at radius 1 is 1.15 bits per heavy atom. The summed E-state index contributed by atoms with van der Waals surface area (Å²) in [5, 5.41) is 8.87. The van der Waals surface area contributed by atoms with Gasteiger partial charge in [-0.05, 0) is 28.8 Å². The lowest BCUT2D eigenvalue weighted by Crippen LogP contribution is -2.47. The third-order valence-corrected chi connectivity index (χ3v) is 10.1. The van der Waals surface area contributed by atoms with Crippen molar-refractivity contribution < 1.29 is 18.7 Å². The first-order valence-corrected chi connectivity index (χ1v) is 9.31. The van der Waals surface area contributed by atoms with Crippen LogP contribution in [0.2, 0.25) is 16.6 Å². The molecule has 0 unspecified atom stereocenters. The molecule has 1 heterocycles. The summed E-state index contributed by atoms with van der Waals surface area (Å²) >= 11 is 0. The number of furan rings is 1. The number of carbonyl (C=O) groups is 1. The number of hydrogen-bond donors (Lipinski definition) is 1. The quantitative estimate of drug-likeness (QED) is 0.743. The van der Waals surface area contributed by atoms with Crippen LogP contribution in [-0.2, 0) is 11.0 Å². The van der Waals surface area contributed by atoms with Crippen LogP contribution in [0.15, 0.2) is 16.5 Å². The molecule has 0 spiro atoms. The molecule has 0 amide bonds. The van der Waals surface area contributed by atoms with E-state index in [-0.39, 0.29) is 5.76 Å². The fourth-order valence-electron chi connectivity index (χ4n) is 3.27. The summed E-state index contributed by atoms with van der Waals surface area (Å²) in [6.45, 7) is 13.7. The summed E-state index contributed by atoms with van der Waals surface area (Å²) in [6, 6.07) is 3.16. The Hall–Kier alpha value is -1.07. The number of aromatic carboxylic acids is 1. The average molecular weight is 298 g/mol. The van der Waals surface area contributed by atoms with Crippen LogP contribution < -0.4 is 0 Å². The molecule has 0 radical (unpaired) electrons. The Kier molecular flexibility index (Phi) is 5.59. The van der Waals surface area contributed by atoms with Crippen molar-refractivity contribution in [1.82, 2.24) is 0 Å². The summed E-state index contributed by atoms with van der Waals surface area (Å²) in [7, 11) is -1.94. The van der Waals surface area contributed by atoms with Gasteiger partial charge in [-0.15, -0.1) is 0 Å². The SMILES string of the molecule is CC(C)[Si](OCc1ccc(C(=O)O)o1)(C(C)C)C(C)C. The molecule has 0 saturated carbocycles. The van der Waals surface area contributed by atoms with Crippen LogP contribution in [0, 0.1) is 0 Å². The van der Waals surface area contributed by atoms with Crippen molar-refractivity contribution in [3.8, 4) is 0 Å². The first-order chi connectivity index (χ1) is 9.21. The molecule has 1 aromatic rings. The van der Waals surface area contributed by atoms with Gasteiger partial charge >= 0.3 is 5.97 Å². The van der Waals surface area contributed by atoms with Gasteiger partial charge in [0, 0.05) is 0 Å². The van der Waals surface area contributed by atoms with Crippen LogP contribution in [0.25, 0.3) is 0 Å². The second-order valence-corrected chi connectivity index (χ2v) is 11.6. The van der Waals surface area contributed by atoms with Crippen molar-refractivity contribution in [1.29, 1.82) is 0 Å². The average Bonchev–Trinajstić information content (AvgIpc) is 2.77. The molecule has 1 rings (SSSR count). The lowest BCUT2D eigenvalue weighted by Gasteiger charge is -2.41. The van der Waals surface area contributed by atoms with Gasteiger partial charge < -0.3 is 13.9 Å². The summed E-state index contributed by atoms with van der Waals surface area (Å²) in [5.41, 5.74) is 1.49. The van der Waals surface area contributed by atoms with Crippen LogP contribution >= 0.6 is 0 Å². The molecule has 0 atom stereocenters. The Bertz CT molecular complexity index is 427. The lowest BCUT2D eigenvalue weighted by atomic mass is 10.4. The highest BCUT2D eigenvalue weighted by Gasteiger charge is 2.45. The second kappa shape index (κ2) is 6.59. The van der Waals surface area contributed by atoms with Crippen molar-refractivity contribution in [3.63, 3.8) is 0 Å².